The van der Waals surface area contributed by atoms with Gasteiger partial charge in [-0.15, -0.1) is 0 Å². The van der Waals surface area contributed by atoms with Crippen molar-refractivity contribution < 1.29 is 32.2 Å². The molecule has 1 aliphatic heterocycles. The normalized spacial score (nSPS) is 14.5. The van der Waals surface area contributed by atoms with Gasteiger partial charge in [0.25, 0.3) is 11.8 Å². The lowest BCUT2D eigenvalue weighted by atomic mass is 10.2. The lowest BCUT2D eigenvalue weighted by Gasteiger charge is -2.26. The van der Waals surface area contributed by atoms with Crippen LogP contribution in [-0.2, 0) is 19.6 Å². The number of nitrogens with zero attached hydrogens (tertiary/aromatic N) is 2. The van der Waals surface area contributed by atoms with Gasteiger partial charge in [-0.2, -0.15) is 9.41 Å². The van der Waals surface area contributed by atoms with E-state index < -0.39 is 21.8 Å². The van der Waals surface area contributed by atoms with Crippen LogP contribution >= 0.6 is 0 Å². The highest BCUT2D eigenvalue weighted by Crippen LogP contribution is 2.29. The number of methoxy groups -OCH3 is 2. The van der Waals surface area contributed by atoms with Crippen molar-refractivity contribution in [1.29, 1.82) is 0 Å². The number of amides is 2. The van der Waals surface area contributed by atoms with Crippen LogP contribution in [0, 0.1) is 0 Å². The van der Waals surface area contributed by atoms with Crippen molar-refractivity contribution in [3.63, 3.8) is 0 Å². The Labute approximate surface area is 197 Å². The van der Waals surface area contributed by atoms with Crippen molar-refractivity contribution in [3.8, 4) is 11.5 Å². The summed E-state index contributed by atoms with van der Waals surface area (Å²) in [4.78, 5) is 24.4. The van der Waals surface area contributed by atoms with E-state index in [1.54, 1.807) is 18.2 Å². The third-order valence-corrected chi connectivity index (χ3v) is 6.87. The average molecular weight is 491 g/mol. The molecule has 1 saturated heterocycles. The summed E-state index contributed by atoms with van der Waals surface area (Å²) in [6.45, 7) is 0.941. The minimum absolute atomic E-state index is 0.0889. The lowest BCUT2D eigenvalue weighted by molar-refractivity contribution is -0.120. The first-order valence-electron chi connectivity index (χ1n) is 10.4. The van der Waals surface area contributed by atoms with Crippen LogP contribution in [-0.4, -0.2) is 77.8 Å². The Bertz CT molecular complexity index is 1140. The summed E-state index contributed by atoms with van der Waals surface area (Å²) in [6.07, 6.45) is 1.40. The zero-order valence-corrected chi connectivity index (χ0v) is 19.6. The molecule has 11 nitrogen and oxygen atoms in total. The minimum atomic E-state index is -3.65. The van der Waals surface area contributed by atoms with E-state index in [9.17, 15) is 18.0 Å². The fourth-order valence-electron chi connectivity index (χ4n) is 3.20. The second kappa shape index (κ2) is 11.6. The average Bonchev–Trinajstić information content (AvgIpc) is 2.87. The zero-order chi connectivity index (χ0) is 24.6. The van der Waals surface area contributed by atoms with Crippen LogP contribution in [0.3, 0.4) is 0 Å². The standard InChI is InChI=1S/C22H26N4O7S/c1-31-19-5-3-4-17(21(19)32-2)14-24-25-20(27)15-23-22(28)16-6-8-18(9-7-16)34(29,30)26-10-12-33-13-11-26/h3-9,14H,10-13,15H2,1-2H3,(H,23,28)(H,25,27)/b24-14-. The Hall–Kier alpha value is -3.48. The van der Waals surface area contributed by atoms with Gasteiger partial charge in [-0.05, 0) is 36.4 Å². The number of carbonyl (C=O) groups excluding carboxylic acids is 2. The molecule has 1 heterocycles. The smallest absolute Gasteiger partial charge is 0.259 e. The molecule has 0 unspecified atom stereocenters. The molecule has 12 heteroatoms. The predicted molar refractivity (Wildman–Crippen MR) is 124 cm³/mol. The van der Waals surface area contributed by atoms with Crippen molar-refractivity contribution in [2.45, 2.75) is 4.90 Å². The van der Waals surface area contributed by atoms with Crippen LogP contribution in [0.15, 0.2) is 52.5 Å². The highest BCUT2D eigenvalue weighted by Gasteiger charge is 2.26. The first-order valence-corrected chi connectivity index (χ1v) is 11.8. The van der Waals surface area contributed by atoms with E-state index in [0.717, 1.165) is 0 Å². The third kappa shape index (κ3) is 6.10. The summed E-state index contributed by atoms with van der Waals surface area (Å²) < 4.78 is 42.3. The molecule has 0 aromatic heterocycles. The topological polar surface area (TPSA) is 136 Å². The summed E-state index contributed by atoms with van der Waals surface area (Å²) in [5.41, 5.74) is 3.13. The molecule has 1 fully saturated rings. The van der Waals surface area contributed by atoms with Gasteiger partial charge in [0.2, 0.25) is 10.0 Å². The number of hydrogen-bond donors (Lipinski definition) is 2. The summed E-state index contributed by atoms with van der Waals surface area (Å²) in [5, 5.41) is 6.33. The fourth-order valence-corrected chi connectivity index (χ4v) is 4.61. The van der Waals surface area contributed by atoms with Gasteiger partial charge in [-0.1, -0.05) is 6.07 Å². The van der Waals surface area contributed by atoms with Crippen LogP contribution < -0.4 is 20.2 Å². The molecule has 1 aliphatic rings. The molecule has 0 spiro atoms. The number of benzene rings is 2. The number of carbonyl (C=O) groups is 2. The minimum Gasteiger partial charge on any atom is -0.493 e. The molecule has 0 bridgehead atoms. The lowest BCUT2D eigenvalue weighted by Crippen LogP contribution is -2.40. The highest BCUT2D eigenvalue weighted by molar-refractivity contribution is 7.89. The van der Waals surface area contributed by atoms with E-state index in [2.05, 4.69) is 15.8 Å². The van der Waals surface area contributed by atoms with Crippen LogP contribution in [0.4, 0.5) is 0 Å². The molecule has 2 amide bonds. The molecule has 0 aliphatic carbocycles. The van der Waals surface area contributed by atoms with E-state index >= 15 is 0 Å². The number of hydrazone groups is 1. The number of ether oxygens (including phenoxy) is 3. The van der Waals surface area contributed by atoms with E-state index in [-0.39, 0.29) is 30.1 Å². The Kier molecular flexibility index (Phi) is 8.57. The second-order valence-corrected chi connectivity index (χ2v) is 9.04. The molecule has 182 valence electrons. The molecule has 3 rings (SSSR count). The van der Waals surface area contributed by atoms with Gasteiger partial charge in [0, 0.05) is 24.2 Å². The maximum atomic E-state index is 12.7. The van der Waals surface area contributed by atoms with Crippen molar-refractivity contribution in [2.75, 3.05) is 47.1 Å². The van der Waals surface area contributed by atoms with Crippen molar-refractivity contribution in [3.05, 3.63) is 53.6 Å². The van der Waals surface area contributed by atoms with E-state index in [1.807, 2.05) is 0 Å². The SMILES string of the molecule is COc1cccc(/C=N\NC(=O)CNC(=O)c2ccc(S(=O)(=O)N3CCOCC3)cc2)c1OC. The Morgan fingerprint density at radius 3 is 2.44 bits per heavy atom. The van der Waals surface area contributed by atoms with Gasteiger partial charge < -0.3 is 19.5 Å². The second-order valence-electron chi connectivity index (χ2n) is 7.10. The van der Waals surface area contributed by atoms with Crippen molar-refractivity contribution >= 4 is 28.1 Å². The molecular formula is C22H26N4O7S. The molecule has 2 aromatic rings. The molecule has 2 aromatic carbocycles. The van der Waals surface area contributed by atoms with Crippen LogP contribution in [0.1, 0.15) is 15.9 Å². The van der Waals surface area contributed by atoms with Crippen LogP contribution in [0.25, 0.3) is 0 Å². The molecule has 0 radical (unpaired) electrons. The number of sulfonamides is 1. The maximum absolute atomic E-state index is 12.7. The first kappa shape index (κ1) is 25.1. The fraction of sp³-hybridized carbons (Fsp3) is 0.318. The Morgan fingerprint density at radius 1 is 1.09 bits per heavy atom. The van der Waals surface area contributed by atoms with Gasteiger partial charge >= 0.3 is 0 Å². The van der Waals surface area contributed by atoms with E-state index in [1.165, 1.54) is 49.0 Å². The van der Waals surface area contributed by atoms with Gasteiger partial charge in [-0.25, -0.2) is 13.8 Å². The maximum Gasteiger partial charge on any atom is 0.259 e. The Morgan fingerprint density at radius 2 is 1.79 bits per heavy atom. The first-order chi connectivity index (χ1) is 16.4. The summed E-state index contributed by atoms with van der Waals surface area (Å²) in [7, 11) is -0.641. The number of para-hydroxylation sites is 1. The Balaban J connectivity index is 1.52. The molecule has 34 heavy (non-hydrogen) atoms. The predicted octanol–water partition coefficient (Wildman–Crippen LogP) is 0.605. The molecular weight excluding hydrogens is 464 g/mol. The number of morpholine rings is 1. The molecule has 2 N–H and O–H groups in total. The number of rotatable bonds is 9. The largest absolute Gasteiger partial charge is 0.493 e. The molecule has 0 saturated carbocycles. The third-order valence-electron chi connectivity index (χ3n) is 4.96. The summed E-state index contributed by atoms with van der Waals surface area (Å²) in [6, 6.07) is 10.7. The number of hydrogen-bond acceptors (Lipinski definition) is 8. The van der Waals surface area contributed by atoms with E-state index in [4.69, 9.17) is 14.2 Å². The van der Waals surface area contributed by atoms with Crippen molar-refractivity contribution in [1.82, 2.24) is 15.0 Å². The van der Waals surface area contributed by atoms with Gasteiger partial charge in [0.1, 0.15) is 0 Å². The zero-order valence-electron chi connectivity index (χ0n) is 18.8. The monoisotopic (exact) mass is 490 g/mol. The summed E-state index contributed by atoms with van der Waals surface area (Å²) >= 11 is 0. The quantitative estimate of drug-likeness (QED) is 0.388. The molecule has 0 atom stereocenters. The number of nitrogens with one attached hydrogen (secondary N) is 2. The van der Waals surface area contributed by atoms with Crippen LogP contribution in [0.2, 0.25) is 0 Å². The van der Waals surface area contributed by atoms with Gasteiger partial charge in [0.15, 0.2) is 11.5 Å². The summed E-state index contributed by atoms with van der Waals surface area (Å²) in [5.74, 6) is -0.0777. The van der Waals surface area contributed by atoms with Crippen molar-refractivity contribution in [2.24, 2.45) is 5.10 Å². The van der Waals surface area contributed by atoms with Crippen LogP contribution in [0.5, 0.6) is 11.5 Å². The van der Waals surface area contributed by atoms with Gasteiger partial charge in [0.05, 0.1) is 45.1 Å². The van der Waals surface area contributed by atoms with E-state index in [0.29, 0.717) is 30.3 Å². The highest BCUT2D eigenvalue weighted by atomic mass is 32.2. The van der Waals surface area contributed by atoms with Gasteiger partial charge in [-0.3, -0.25) is 9.59 Å².